The van der Waals surface area contributed by atoms with Gasteiger partial charge in [0.2, 0.25) is 0 Å². The van der Waals surface area contributed by atoms with E-state index in [0.29, 0.717) is 35.7 Å². The Morgan fingerprint density at radius 2 is 1.95 bits per heavy atom. The second-order valence-corrected chi connectivity index (χ2v) is 16.3. The molecule has 2 heterocycles. The first-order chi connectivity index (χ1) is 18.2. The summed E-state index contributed by atoms with van der Waals surface area (Å²) in [5, 5.41) is 21.5. The molecule has 192 valence electrons. The van der Waals surface area contributed by atoms with Crippen LogP contribution in [0.25, 0.3) is 28.0 Å². The molecule has 0 spiro atoms. The van der Waals surface area contributed by atoms with Gasteiger partial charge in [0, 0.05) is 37.4 Å². The maximum Gasteiger partial charge on any atom is 0.336 e. The van der Waals surface area contributed by atoms with E-state index in [1.54, 1.807) is 30.3 Å². The number of nitriles is 1. The van der Waals surface area contributed by atoms with Gasteiger partial charge in [0.05, 0.1) is 23.0 Å². The van der Waals surface area contributed by atoms with E-state index in [0.717, 1.165) is 22.6 Å². The van der Waals surface area contributed by atoms with Gasteiger partial charge < -0.3 is 20.1 Å². The van der Waals surface area contributed by atoms with Gasteiger partial charge in [-0.15, -0.1) is 0 Å². The van der Waals surface area contributed by atoms with E-state index in [-0.39, 0.29) is 11.3 Å². The summed E-state index contributed by atoms with van der Waals surface area (Å²) in [5.41, 5.74) is 8.53. The smallest absolute Gasteiger partial charge is 0.336 e. The maximum absolute atomic E-state index is 12.4. The van der Waals surface area contributed by atoms with Crippen LogP contribution in [0.15, 0.2) is 72.7 Å². The van der Waals surface area contributed by atoms with Crippen LogP contribution < -0.4 is 5.73 Å². The van der Waals surface area contributed by atoms with Crippen LogP contribution in [0.4, 0.5) is 0 Å². The zero-order valence-electron chi connectivity index (χ0n) is 21.6. The Kier molecular flexibility index (Phi) is 6.39. The number of carboxylic acid groups (broad SMARTS) is 1. The summed E-state index contributed by atoms with van der Waals surface area (Å²) in [5.74, 6) is -1.22. The van der Waals surface area contributed by atoms with E-state index in [9.17, 15) is 15.2 Å². The topological polar surface area (TPSA) is 127 Å². The van der Waals surface area contributed by atoms with Gasteiger partial charge in [0.25, 0.3) is 0 Å². The van der Waals surface area contributed by atoms with Gasteiger partial charge >= 0.3 is 5.97 Å². The molecule has 0 amide bonds. The predicted octanol–water partition coefficient (Wildman–Crippen LogP) is 4.99. The molecule has 0 fully saturated rings. The Balaban J connectivity index is 1.56. The van der Waals surface area contributed by atoms with Crippen molar-refractivity contribution in [2.24, 2.45) is 5.73 Å². The van der Waals surface area contributed by atoms with Crippen LogP contribution in [0.3, 0.4) is 0 Å². The van der Waals surface area contributed by atoms with Crippen LogP contribution in [0.2, 0.25) is 25.7 Å². The molecule has 0 bridgehead atoms. The Labute approximate surface area is 222 Å². The minimum absolute atomic E-state index is 0.107. The maximum atomic E-state index is 12.4. The summed E-state index contributed by atoms with van der Waals surface area (Å²) in [6, 6.07) is 19.7. The number of fused-ring (bicyclic) bond motifs is 2. The minimum Gasteiger partial charge on any atom is -0.478 e. The van der Waals surface area contributed by atoms with Crippen LogP contribution >= 0.6 is 0 Å². The summed E-state index contributed by atoms with van der Waals surface area (Å²) >= 11 is 0. The van der Waals surface area contributed by atoms with Gasteiger partial charge in [-0.25, -0.2) is 14.8 Å². The molecule has 38 heavy (non-hydrogen) atoms. The zero-order chi connectivity index (χ0) is 27.1. The molecular weight excluding hydrogens is 494 g/mol. The monoisotopic (exact) mass is 523 g/mol. The van der Waals surface area contributed by atoms with Crippen molar-refractivity contribution in [2.75, 3.05) is 6.61 Å². The molecule has 0 aliphatic heterocycles. The number of hydrogen-bond acceptors (Lipinski definition) is 6. The van der Waals surface area contributed by atoms with Crippen molar-refractivity contribution >= 4 is 30.8 Å². The van der Waals surface area contributed by atoms with Gasteiger partial charge in [-0.05, 0) is 29.3 Å². The molecule has 0 saturated carbocycles. The Morgan fingerprint density at radius 3 is 2.68 bits per heavy atom. The van der Waals surface area contributed by atoms with Crippen molar-refractivity contribution in [1.82, 2.24) is 14.5 Å². The molecule has 1 unspecified atom stereocenters. The highest BCUT2D eigenvalue weighted by atomic mass is 28.3. The molecule has 8 nitrogen and oxygen atoms in total. The first kappa shape index (κ1) is 25.4. The van der Waals surface area contributed by atoms with Crippen molar-refractivity contribution in [2.45, 2.75) is 37.8 Å². The summed E-state index contributed by atoms with van der Waals surface area (Å²) in [6.07, 6.45) is 3.44. The molecular formula is C29H29N5O3Si. The van der Waals surface area contributed by atoms with Gasteiger partial charge in [-0.3, -0.25) is 0 Å². The van der Waals surface area contributed by atoms with E-state index < -0.39 is 19.5 Å². The molecule has 2 aromatic carbocycles. The summed E-state index contributed by atoms with van der Waals surface area (Å²) in [7, 11) is -1.18. The number of hydrogen-bond donors (Lipinski definition) is 2. The number of aromatic nitrogens is 3. The van der Waals surface area contributed by atoms with E-state index in [1.165, 1.54) is 6.33 Å². The fourth-order valence-electron chi connectivity index (χ4n) is 5.05. The van der Waals surface area contributed by atoms with Crippen LogP contribution in [0.5, 0.6) is 0 Å². The number of aliphatic carboxylic acids is 1. The summed E-state index contributed by atoms with van der Waals surface area (Å²) < 4.78 is 7.88. The van der Waals surface area contributed by atoms with Crippen LogP contribution in [0.1, 0.15) is 16.7 Å². The lowest BCUT2D eigenvalue weighted by Gasteiger charge is -2.25. The number of benzene rings is 2. The lowest BCUT2D eigenvalue weighted by atomic mass is 9.72. The molecule has 2 aromatic heterocycles. The highest BCUT2D eigenvalue weighted by molar-refractivity contribution is 6.76. The van der Waals surface area contributed by atoms with Gasteiger partial charge in [0.15, 0.2) is 0 Å². The van der Waals surface area contributed by atoms with Crippen molar-refractivity contribution in [3.8, 4) is 17.3 Å². The molecule has 1 atom stereocenters. The lowest BCUT2D eigenvalue weighted by Crippen LogP contribution is -2.30. The normalized spacial score (nSPS) is 17.0. The average molecular weight is 524 g/mol. The largest absolute Gasteiger partial charge is 0.478 e. The number of carboxylic acids is 1. The second-order valence-electron chi connectivity index (χ2n) is 10.7. The Hall–Kier alpha value is -4.26. The third-order valence-electron chi connectivity index (χ3n) is 7.00. The Morgan fingerprint density at radius 1 is 1.16 bits per heavy atom. The number of nitrogens with two attached hydrogens (primary N) is 1. The van der Waals surface area contributed by atoms with Crippen LogP contribution in [0, 0.1) is 11.3 Å². The van der Waals surface area contributed by atoms with E-state index >= 15 is 0 Å². The van der Waals surface area contributed by atoms with E-state index in [4.69, 9.17) is 10.5 Å². The fraction of sp³-hybridized carbons (Fsp3) is 0.241. The first-order valence-electron chi connectivity index (χ1n) is 12.4. The lowest BCUT2D eigenvalue weighted by molar-refractivity contribution is -0.133. The number of rotatable bonds is 8. The molecule has 0 radical (unpaired) electrons. The van der Waals surface area contributed by atoms with Crippen molar-refractivity contribution in [3.05, 3.63) is 89.4 Å². The van der Waals surface area contributed by atoms with E-state index in [1.807, 2.05) is 35.0 Å². The third-order valence-corrected chi connectivity index (χ3v) is 8.70. The van der Waals surface area contributed by atoms with Crippen LogP contribution in [-0.2, 0) is 21.7 Å². The molecule has 3 N–H and O–H groups in total. The van der Waals surface area contributed by atoms with Crippen molar-refractivity contribution in [1.29, 1.82) is 5.26 Å². The summed E-state index contributed by atoms with van der Waals surface area (Å²) in [6.45, 7) is 8.05. The van der Waals surface area contributed by atoms with Gasteiger partial charge in [0.1, 0.15) is 24.1 Å². The van der Waals surface area contributed by atoms with Gasteiger partial charge in [-0.2, -0.15) is 5.26 Å². The van der Waals surface area contributed by atoms with Gasteiger partial charge in [-0.1, -0.05) is 62.1 Å². The molecule has 9 heteroatoms. The number of ether oxygens (including phenoxy) is 1. The highest BCUT2D eigenvalue weighted by Gasteiger charge is 2.50. The number of nitrogens with zero attached hydrogens (tertiary/aromatic N) is 4. The zero-order valence-corrected chi connectivity index (χ0v) is 22.6. The molecule has 1 aliphatic carbocycles. The number of carbonyl (C=O) groups is 1. The quantitative estimate of drug-likeness (QED) is 0.246. The summed E-state index contributed by atoms with van der Waals surface area (Å²) in [4.78, 5) is 21.4. The minimum atomic E-state index is -1.55. The average Bonchev–Trinajstić information content (AvgIpc) is 3.43. The molecule has 5 rings (SSSR count). The van der Waals surface area contributed by atoms with Crippen molar-refractivity contribution < 1.29 is 14.6 Å². The van der Waals surface area contributed by atoms with Crippen LogP contribution in [-0.4, -0.2) is 40.3 Å². The third kappa shape index (κ3) is 4.18. The highest BCUT2D eigenvalue weighted by Crippen LogP contribution is 2.49. The predicted molar refractivity (Wildman–Crippen MR) is 149 cm³/mol. The fourth-order valence-corrected chi connectivity index (χ4v) is 5.81. The Bertz CT molecular complexity index is 1630. The van der Waals surface area contributed by atoms with E-state index in [2.05, 4.69) is 35.7 Å². The molecule has 4 aromatic rings. The molecule has 0 saturated heterocycles. The SMILES string of the molecule is C[Si](C)(C)CCOCn1ccc2c(-c3cccc(C4(C#N)C(C(=O)O)=C(N)c5ccccc54)c3)ncnc21. The standard InChI is InChI=1S/C29H29N5O3Si/c1-38(2,3)14-13-37-18-34-12-11-22-26(32-17-33-27(22)34)19-7-6-8-20(15-19)29(16-30)23-10-5-4-9-21(23)25(31)24(29)28(35)36/h4-12,15,17H,13-14,18,31H2,1-3H3,(H,35,36). The second kappa shape index (κ2) is 9.56. The molecule has 1 aliphatic rings. The first-order valence-corrected chi connectivity index (χ1v) is 16.1. The van der Waals surface area contributed by atoms with Crippen molar-refractivity contribution in [3.63, 3.8) is 0 Å².